The summed E-state index contributed by atoms with van der Waals surface area (Å²) < 4.78 is 27.0. The molecule has 166 valence electrons. The number of anilines is 2. The molecule has 1 amide bonds. The number of benzene rings is 1. The molecule has 1 fully saturated rings. The minimum atomic E-state index is -0.479. The lowest BCUT2D eigenvalue weighted by Gasteiger charge is -2.31. The highest BCUT2D eigenvalue weighted by Gasteiger charge is 2.29. The molecule has 0 aliphatic carbocycles. The van der Waals surface area contributed by atoms with E-state index in [-0.39, 0.29) is 23.4 Å². The number of rotatable bonds is 5. The highest BCUT2D eigenvalue weighted by Crippen LogP contribution is 2.31. The Labute approximate surface area is 188 Å². The van der Waals surface area contributed by atoms with Crippen LogP contribution >= 0.6 is 0 Å². The summed E-state index contributed by atoms with van der Waals surface area (Å²) in [5.41, 5.74) is 0.874. The summed E-state index contributed by atoms with van der Waals surface area (Å²) in [4.78, 5) is 18.9. The van der Waals surface area contributed by atoms with Crippen molar-refractivity contribution in [3.05, 3.63) is 66.6 Å². The maximum absolute atomic E-state index is 14.5. The van der Waals surface area contributed by atoms with Crippen LogP contribution in [0.3, 0.4) is 0 Å². The van der Waals surface area contributed by atoms with Crippen LogP contribution in [0.4, 0.5) is 16.0 Å². The Kier molecular flexibility index (Phi) is 5.36. The molecule has 0 atom stereocenters. The molecular formula is C23H19FN6O3. The van der Waals surface area contributed by atoms with Gasteiger partial charge in [-0.25, -0.2) is 9.07 Å². The highest BCUT2D eigenvalue weighted by atomic mass is 19.1. The molecule has 1 aliphatic rings. The van der Waals surface area contributed by atoms with Crippen LogP contribution in [0.1, 0.15) is 18.5 Å². The van der Waals surface area contributed by atoms with Crippen LogP contribution < -0.4 is 10.2 Å². The molecular weight excluding hydrogens is 427 g/mol. The van der Waals surface area contributed by atoms with Crippen LogP contribution in [0.15, 0.2) is 63.9 Å². The normalized spacial score (nSPS) is 14.2. The number of nitriles is 1. The molecule has 1 aromatic carbocycles. The maximum Gasteiger partial charge on any atom is 0.266 e. The lowest BCUT2D eigenvalue weighted by atomic mass is 9.96. The van der Waals surface area contributed by atoms with Gasteiger partial charge in [0.25, 0.3) is 5.89 Å². The predicted molar refractivity (Wildman–Crippen MR) is 116 cm³/mol. The average Bonchev–Trinajstić information content (AvgIpc) is 3.61. The first-order valence-corrected chi connectivity index (χ1v) is 10.4. The molecule has 4 aromatic rings. The van der Waals surface area contributed by atoms with Crippen LogP contribution in [-0.4, -0.2) is 33.8 Å². The number of nitrogens with one attached hydrogen (secondary N) is 1. The Balaban J connectivity index is 1.22. The van der Waals surface area contributed by atoms with Crippen molar-refractivity contribution in [1.82, 2.24) is 14.8 Å². The van der Waals surface area contributed by atoms with Crippen molar-refractivity contribution >= 4 is 17.5 Å². The van der Waals surface area contributed by atoms with Crippen molar-refractivity contribution in [2.24, 2.45) is 5.92 Å². The molecule has 0 radical (unpaired) electrons. The van der Waals surface area contributed by atoms with E-state index < -0.39 is 5.82 Å². The van der Waals surface area contributed by atoms with Gasteiger partial charge in [0, 0.05) is 37.1 Å². The fraction of sp³-hybridized carbons (Fsp3) is 0.217. The quantitative estimate of drug-likeness (QED) is 0.493. The molecule has 1 saturated heterocycles. The lowest BCUT2D eigenvalue weighted by Crippen LogP contribution is -2.38. The summed E-state index contributed by atoms with van der Waals surface area (Å²) in [6, 6.07) is 11.7. The number of carbonyl (C=O) groups is 1. The van der Waals surface area contributed by atoms with Gasteiger partial charge in [0.05, 0.1) is 6.26 Å². The van der Waals surface area contributed by atoms with Crippen LogP contribution in [0.2, 0.25) is 0 Å². The molecule has 0 bridgehead atoms. The van der Waals surface area contributed by atoms with Crippen molar-refractivity contribution in [3.8, 4) is 23.4 Å². The second-order valence-corrected chi connectivity index (χ2v) is 7.63. The summed E-state index contributed by atoms with van der Waals surface area (Å²) in [6.45, 7) is 1.04. The number of amides is 1. The topological polar surface area (TPSA) is 113 Å². The highest BCUT2D eigenvalue weighted by molar-refractivity contribution is 5.92. The molecule has 0 spiro atoms. The second kappa shape index (κ2) is 8.63. The summed E-state index contributed by atoms with van der Waals surface area (Å²) in [7, 11) is 0. The number of nitrogens with zero attached hydrogens (tertiary/aromatic N) is 5. The summed E-state index contributed by atoms with van der Waals surface area (Å²) in [6.07, 6.45) is 5.83. The van der Waals surface area contributed by atoms with Crippen LogP contribution in [0.25, 0.3) is 17.3 Å². The molecule has 4 heterocycles. The first-order valence-electron chi connectivity index (χ1n) is 10.4. The summed E-state index contributed by atoms with van der Waals surface area (Å²) in [5.74, 6) is 0.167. The van der Waals surface area contributed by atoms with Crippen molar-refractivity contribution in [1.29, 1.82) is 5.26 Å². The molecule has 9 nitrogen and oxygen atoms in total. The number of halogens is 1. The SMILES string of the molecule is N#Cc1nc(-c2ccco2)oc1N1CCC(C(=O)Nc2ccc(-n3cccn3)c(F)c2)CC1. The maximum atomic E-state index is 14.5. The zero-order chi connectivity index (χ0) is 22.8. The Morgan fingerprint density at radius 1 is 1.24 bits per heavy atom. The third kappa shape index (κ3) is 4.08. The summed E-state index contributed by atoms with van der Waals surface area (Å²) >= 11 is 0. The monoisotopic (exact) mass is 446 g/mol. The number of carbonyl (C=O) groups excluding carboxylic acids is 1. The van der Waals surface area contributed by atoms with Gasteiger partial charge >= 0.3 is 0 Å². The molecule has 0 saturated carbocycles. The van der Waals surface area contributed by atoms with Gasteiger partial charge in [-0.2, -0.15) is 15.3 Å². The fourth-order valence-electron chi connectivity index (χ4n) is 3.88. The first-order chi connectivity index (χ1) is 16.1. The van der Waals surface area contributed by atoms with Crippen molar-refractivity contribution in [2.45, 2.75) is 12.8 Å². The minimum absolute atomic E-state index is 0.171. The number of piperidine rings is 1. The van der Waals surface area contributed by atoms with E-state index in [9.17, 15) is 14.4 Å². The van der Waals surface area contributed by atoms with E-state index in [1.807, 2.05) is 4.90 Å². The molecule has 10 heteroatoms. The van der Waals surface area contributed by atoms with Crippen molar-refractivity contribution < 1.29 is 18.0 Å². The van der Waals surface area contributed by atoms with Gasteiger partial charge in [-0.3, -0.25) is 4.79 Å². The van der Waals surface area contributed by atoms with E-state index in [4.69, 9.17) is 8.83 Å². The molecule has 1 aliphatic heterocycles. The zero-order valence-electron chi connectivity index (χ0n) is 17.4. The van der Waals surface area contributed by atoms with E-state index in [1.54, 1.807) is 42.7 Å². The Morgan fingerprint density at radius 2 is 2.09 bits per heavy atom. The van der Waals surface area contributed by atoms with Gasteiger partial charge < -0.3 is 19.1 Å². The Morgan fingerprint density at radius 3 is 2.76 bits per heavy atom. The average molecular weight is 446 g/mol. The molecule has 5 rings (SSSR count). The van der Waals surface area contributed by atoms with Crippen molar-refractivity contribution in [3.63, 3.8) is 0 Å². The van der Waals surface area contributed by atoms with E-state index in [2.05, 4.69) is 21.5 Å². The van der Waals surface area contributed by atoms with Crippen LogP contribution in [-0.2, 0) is 4.79 Å². The molecule has 33 heavy (non-hydrogen) atoms. The Hall–Kier alpha value is -4.39. The van der Waals surface area contributed by atoms with Gasteiger partial charge in [0.2, 0.25) is 17.5 Å². The first kappa shape index (κ1) is 20.5. The zero-order valence-corrected chi connectivity index (χ0v) is 17.4. The molecule has 3 aromatic heterocycles. The molecule has 0 unspecified atom stereocenters. The largest absolute Gasteiger partial charge is 0.459 e. The smallest absolute Gasteiger partial charge is 0.266 e. The number of aromatic nitrogens is 3. The number of oxazole rings is 1. The van der Waals surface area contributed by atoms with Gasteiger partial charge in [0.15, 0.2) is 11.6 Å². The van der Waals surface area contributed by atoms with E-state index in [0.717, 1.165) is 0 Å². The number of hydrogen-bond donors (Lipinski definition) is 1. The minimum Gasteiger partial charge on any atom is -0.459 e. The number of hydrogen-bond acceptors (Lipinski definition) is 7. The third-order valence-corrected chi connectivity index (χ3v) is 5.57. The van der Waals surface area contributed by atoms with E-state index >= 15 is 0 Å². The third-order valence-electron chi connectivity index (χ3n) is 5.57. The van der Waals surface area contributed by atoms with Gasteiger partial charge in [-0.1, -0.05) is 0 Å². The van der Waals surface area contributed by atoms with Crippen LogP contribution in [0.5, 0.6) is 0 Å². The van der Waals surface area contributed by atoms with Crippen LogP contribution in [0, 0.1) is 23.1 Å². The molecule has 1 N–H and O–H groups in total. The second-order valence-electron chi connectivity index (χ2n) is 7.63. The lowest BCUT2D eigenvalue weighted by molar-refractivity contribution is -0.120. The van der Waals surface area contributed by atoms with Crippen molar-refractivity contribution in [2.75, 3.05) is 23.3 Å². The number of furan rings is 1. The van der Waals surface area contributed by atoms with Gasteiger partial charge in [0.1, 0.15) is 11.8 Å². The summed E-state index contributed by atoms with van der Waals surface area (Å²) in [5, 5.41) is 16.3. The Bertz CT molecular complexity index is 1300. The predicted octanol–water partition coefficient (Wildman–Crippen LogP) is 3.99. The van der Waals surface area contributed by atoms with E-state index in [1.165, 1.54) is 17.0 Å². The van der Waals surface area contributed by atoms with Gasteiger partial charge in [-0.05, 0) is 49.2 Å². The van der Waals surface area contributed by atoms with Gasteiger partial charge in [-0.15, -0.1) is 0 Å². The fourth-order valence-corrected chi connectivity index (χ4v) is 3.88. The van der Waals surface area contributed by atoms with E-state index in [0.29, 0.717) is 49.0 Å². The standard InChI is InChI=1S/C23H19FN6O3/c24-17-13-16(4-5-19(17)30-9-2-8-26-30)27-21(31)15-6-10-29(11-7-15)23-18(14-25)28-22(33-23)20-3-1-12-32-20/h1-5,8-9,12-13,15H,6-7,10-11H2,(H,27,31).